The number of rotatable bonds is 5. The van der Waals surface area contributed by atoms with Crippen molar-refractivity contribution < 1.29 is 19.1 Å². The Labute approximate surface area is 127 Å². The highest BCUT2D eigenvalue weighted by Crippen LogP contribution is 2.20. The number of carbonyl (C=O) groups is 1. The summed E-state index contributed by atoms with van der Waals surface area (Å²) in [6, 6.07) is 13.5. The lowest BCUT2D eigenvalue weighted by Gasteiger charge is -2.10. The zero-order chi connectivity index (χ0) is 14.5. The van der Waals surface area contributed by atoms with Crippen LogP contribution in [0.25, 0.3) is 11.1 Å². The molecule has 0 aliphatic heterocycles. The summed E-state index contributed by atoms with van der Waals surface area (Å²) in [6.45, 7) is 0. The molecule has 0 saturated carbocycles. The number of halogens is 2. The summed E-state index contributed by atoms with van der Waals surface area (Å²) in [5.74, 6) is 3.56. The van der Waals surface area contributed by atoms with E-state index in [4.69, 9.17) is 11.0 Å². The van der Waals surface area contributed by atoms with Crippen molar-refractivity contribution in [3.8, 4) is 11.1 Å². The molecule has 1 atom stereocenters. The summed E-state index contributed by atoms with van der Waals surface area (Å²) >= 11 is 0. The number of carboxylic acids is 1. The molecule has 21 heavy (non-hydrogen) atoms. The summed E-state index contributed by atoms with van der Waals surface area (Å²) in [5.41, 5.74) is 2.62. The lowest BCUT2D eigenvalue weighted by atomic mass is 10.0. The molecule has 112 valence electrons. The van der Waals surface area contributed by atoms with E-state index in [1.165, 1.54) is 12.1 Å². The standard InChI is InChI=1S/C15H14FNO3.ClH/c16-13-7-5-12(6-8-13)11-3-1-10(2-4-11)9-14(20-17)15(18)19;/h1-8,14H,9,17H2,(H,18,19);1H. The third-order valence-corrected chi connectivity index (χ3v) is 2.99. The SMILES string of the molecule is Cl.NOC(Cc1ccc(-c2ccc(F)cc2)cc1)C(=O)O. The Kier molecular flexibility index (Phi) is 6.30. The number of benzene rings is 2. The molecule has 2 aromatic rings. The van der Waals surface area contributed by atoms with Gasteiger partial charge in [0.25, 0.3) is 0 Å². The Bertz CT molecular complexity index is 587. The van der Waals surface area contributed by atoms with Gasteiger partial charge in [-0.2, -0.15) is 0 Å². The van der Waals surface area contributed by atoms with E-state index >= 15 is 0 Å². The first kappa shape index (κ1) is 17.1. The third-order valence-electron chi connectivity index (χ3n) is 2.99. The Balaban J connectivity index is 0.00000220. The van der Waals surface area contributed by atoms with Crippen LogP contribution < -0.4 is 5.90 Å². The second-order valence-electron chi connectivity index (χ2n) is 4.37. The van der Waals surface area contributed by atoms with Crippen LogP contribution in [0.4, 0.5) is 4.39 Å². The van der Waals surface area contributed by atoms with E-state index < -0.39 is 12.1 Å². The number of nitrogens with two attached hydrogens (primary N) is 1. The van der Waals surface area contributed by atoms with Crippen LogP contribution in [0.15, 0.2) is 48.5 Å². The molecule has 0 radical (unpaired) electrons. The molecule has 0 amide bonds. The fourth-order valence-electron chi connectivity index (χ4n) is 1.88. The van der Waals surface area contributed by atoms with Gasteiger partial charge in [0.15, 0.2) is 6.10 Å². The maximum atomic E-state index is 12.8. The zero-order valence-corrected chi connectivity index (χ0v) is 11.8. The lowest BCUT2D eigenvalue weighted by Crippen LogP contribution is -2.29. The van der Waals surface area contributed by atoms with Crippen LogP contribution in [0.1, 0.15) is 5.56 Å². The van der Waals surface area contributed by atoms with Gasteiger partial charge in [0, 0.05) is 6.42 Å². The van der Waals surface area contributed by atoms with Crippen molar-refractivity contribution in [3.05, 3.63) is 59.9 Å². The highest BCUT2D eigenvalue weighted by Gasteiger charge is 2.17. The minimum Gasteiger partial charge on any atom is -0.479 e. The summed E-state index contributed by atoms with van der Waals surface area (Å²) in [6.07, 6.45) is -0.873. The lowest BCUT2D eigenvalue weighted by molar-refractivity contribution is -0.150. The minimum atomic E-state index is -1.10. The molecule has 6 heteroatoms. The van der Waals surface area contributed by atoms with Crippen molar-refractivity contribution in [1.29, 1.82) is 0 Å². The summed E-state index contributed by atoms with van der Waals surface area (Å²) in [4.78, 5) is 15.2. The van der Waals surface area contributed by atoms with Gasteiger partial charge in [-0.15, -0.1) is 12.4 Å². The van der Waals surface area contributed by atoms with E-state index in [2.05, 4.69) is 4.84 Å². The van der Waals surface area contributed by atoms with E-state index in [0.29, 0.717) is 0 Å². The first-order valence-corrected chi connectivity index (χ1v) is 6.03. The van der Waals surface area contributed by atoms with Crippen LogP contribution >= 0.6 is 12.4 Å². The Morgan fingerprint density at radius 3 is 2.00 bits per heavy atom. The molecule has 3 N–H and O–H groups in total. The fourth-order valence-corrected chi connectivity index (χ4v) is 1.88. The van der Waals surface area contributed by atoms with Gasteiger partial charge in [-0.05, 0) is 28.8 Å². The monoisotopic (exact) mass is 311 g/mol. The third kappa shape index (κ3) is 4.53. The van der Waals surface area contributed by atoms with Crippen molar-refractivity contribution >= 4 is 18.4 Å². The molecule has 1 unspecified atom stereocenters. The van der Waals surface area contributed by atoms with Gasteiger partial charge in [0.1, 0.15) is 5.82 Å². The van der Waals surface area contributed by atoms with E-state index in [1.54, 1.807) is 24.3 Å². The molecule has 0 heterocycles. The Hall–Kier alpha value is -1.95. The molecule has 0 bridgehead atoms. The highest BCUT2D eigenvalue weighted by molar-refractivity contribution is 5.85. The predicted molar refractivity (Wildman–Crippen MR) is 79.5 cm³/mol. The predicted octanol–water partition coefficient (Wildman–Crippen LogP) is 2.80. The van der Waals surface area contributed by atoms with E-state index in [9.17, 15) is 9.18 Å². The summed E-state index contributed by atoms with van der Waals surface area (Å²) in [5, 5.41) is 8.85. The van der Waals surface area contributed by atoms with Gasteiger partial charge >= 0.3 is 5.97 Å². The van der Waals surface area contributed by atoms with Crippen LogP contribution in [-0.2, 0) is 16.1 Å². The molecular formula is C15H15ClFNO3. The molecule has 0 aliphatic rings. The van der Waals surface area contributed by atoms with Crippen LogP contribution in [0.2, 0.25) is 0 Å². The van der Waals surface area contributed by atoms with E-state index in [0.717, 1.165) is 16.7 Å². The Morgan fingerprint density at radius 2 is 1.57 bits per heavy atom. The van der Waals surface area contributed by atoms with Crippen molar-refractivity contribution in [2.75, 3.05) is 0 Å². The molecule has 0 fully saturated rings. The average molecular weight is 312 g/mol. The number of aliphatic carboxylic acids is 1. The molecule has 0 saturated heterocycles. The summed E-state index contributed by atoms with van der Waals surface area (Å²) in [7, 11) is 0. The first-order chi connectivity index (χ1) is 9.60. The smallest absolute Gasteiger partial charge is 0.335 e. The van der Waals surface area contributed by atoms with Gasteiger partial charge in [-0.25, -0.2) is 15.1 Å². The number of hydrogen-bond donors (Lipinski definition) is 2. The van der Waals surface area contributed by atoms with Gasteiger partial charge in [-0.1, -0.05) is 36.4 Å². The molecule has 2 rings (SSSR count). The maximum Gasteiger partial charge on any atom is 0.335 e. The van der Waals surface area contributed by atoms with Gasteiger partial charge in [0.2, 0.25) is 0 Å². The summed E-state index contributed by atoms with van der Waals surface area (Å²) < 4.78 is 12.8. The van der Waals surface area contributed by atoms with Gasteiger partial charge < -0.3 is 5.11 Å². The molecular weight excluding hydrogens is 297 g/mol. The second kappa shape index (κ2) is 7.73. The van der Waals surface area contributed by atoms with Crippen LogP contribution in [0, 0.1) is 5.82 Å². The molecule has 2 aromatic carbocycles. The topological polar surface area (TPSA) is 72.5 Å². The van der Waals surface area contributed by atoms with Gasteiger partial charge in [0.05, 0.1) is 0 Å². The average Bonchev–Trinajstić information content (AvgIpc) is 2.46. The number of carboxylic acid groups (broad SMARTS) is 1. The molecule has 4 nitrogen and oxygen atoms in total. The first-order valence-electron chi connectivity index (χ1n) is 6.03. The maximum absolute atomic E-state index is 12.8. The molecule has 0 aliphatic carbocycles. The van der Waals surface area contributed by atoms with Crippen molar-refractivity contribution in [2.24, 2.45) is 5.90 Å². The quantitative estimate of drug-likeness (QED) is 0.833. The van der Waals surface area contributed by atoms with Crippen molar-refractivity contribution in [1.82, 2.24) is 0 Å². The van der Waals surface area contributed by atoms with Crippen LogP contribution in [0.3, 0.4) is 0 Å². The molecule has 0 aromatic heterocycles. The van der Waals surface area contributed by atoms with Crippen molar-refractivity contribution in [2.45, 2.75) is 12.5 Å². The Morgan fingerprint density at radius 1 is 1.10 bits per heavy atom. The largest absolute Gasteiger partial charge is 0.479 e. The molecule has 0 spiro atoms. The van der Waals surface area contributed by atoms with E-state index in [-0.39, 0.29) is 24.6 Å². The van der Waals surface area contributed by atoms with Crippen LogP contribution in [0.5, 0.6) is 0 Å². The normalized spacial score (nSPS) is 11.5. The van der Waals surface area contributed by atoms with E-state index in [1.807, 2.05) is 12.1 Å². The highest BCUT2D eigenvalue weighted by atomic mass is 35.5. The van der Waals surface area contributed by atoms with Crippen LogP contribution in [-0.4, -0.2) is 17.2 Å². The van der Waals surface area contributed by atoms with Crippen molar-refractivity contribution in [3.63, 3.8) is 0 Å². The minimum absolute atomic E-state index is 0. The zero-order valence-electron chi connectivity index (χ0n) is 11.0. The number of hydrogen-bond acceptors (Lipinski definition) is 3. The van der Waals surface area contributed by atoms with Gasteiger partial charge in [-0.3, -0.25) is 4.84 Å². The fraction of sp³-hybridized carbons (Fsp3) is 0.133. The second-order valence-corrected chi connectivity index (χ2v) is 4.37.